The third-order valence-corrected chi connectivity index (χ3v) is 3.98. The van der Waals surface area contributed by atoms with Gasteiger partial charge in [-0.1, -0.05) is 53.0 Å². The van der Waals surface area contributed by atoms with Gasteiger partial charge in [-0.3, -0.25) is 0 Å². The van der Waals surface area contributed by atoms with E-state index in [1.165, 1.54) is 0 Å². The molecule has 0 heterocycles. The van der Waals surface area contributed by atoms with E-state index in [2.05, 4.69) is 26.3 Å². The molecule has 0 rings (SSSR count). The Kier molecular flexibility index (Phi) is 11.0. The summed E-state index contributed by atoms with van der Waals surface area (Å²) in [5.74, 6) is -6.88. The fourth-order valence-corrected chi connectivity index (χ4v) is 2.49. The van der Waals surface area contributed by atoms with Gasteiger partial charge in [-0.05, 0) is 19.3 Å². The molecule has 0 aliphatic carbocycles. The Morgan fingerprint density at radius 2 is 1.07 bits per heavy atom. The van der Waals surface area contributed by atoms with Crippen molar-refractivity contribution in [1.29, 1.82) is 0 Å². The van der Waals surface area contributed by atoms with Gasteiger partial charge in [0.05, 0.1) is 0 Å². The SMILES string of the molecule is C=CC(=O)OC(CC)(CCCCC)C(OC(=O)C=C)(OC(=O)C=C)OC(=O)C=C. The average molecular weight is 408 g/mol. The normalized spacial score (nSPS) is 12.5. The van der Waals surface area contributed by atoms with Crippen molar-refractivity contribution in [2.45, 2.75) is 57.5 Å². The zero-order valence-corrected chi connectivity index (χ0v) is 16.9. The molecule has 1 unspecified atom stereocenters. The summed E-state index contributed by atoms with van der Waals surface area (Å²) in [5, 5.41) is 0. The molecule has 8 heteroatoms. The molecule has 0 N–H and O–H groups in total. The van der Waals surface area contributed by atoms with E-state index in [0.717, 1.165) is 30.7 Å². The van der Waals surface area contributed by atoms with Crippen LogP contribution in [0.15, 0.2) is 50.6 Å². The van der Waals surface area contributed by atoms with E-state index >= 15 is 0 Å². The topological polar surface area (TPSA) is 105 Å². The van der Waals surface area contributed by atoms with Crippen LogP contribution in [-0.2, 0) is 38.1 Å². The van der Waals surface area contributed by atoms with Crippen molar-refractivity contribution in [2.75, 3.05) is 0 Å². The van der Waals surface area contributed by atoms with Crippen molar-refractivity contribution in [3.8, 4) is 0 Å². The maximum absolute atomic E-state index is 12.1. The lowest BCUT2D eigenvalue weighted by Crippen LogP contribution is -2.63. The van der Waals surface area contributed by atoms with Crippen LogP contribution in [0.3, 0.4) is 0 Å². The molecule has 0 amide bonds. The molecule has 0 aromatic carbocycles. The molecule has 0 aliphatic rings. The molecule has 29 heavy (non-hydrogen) atoms. The van der Waals surface area contributed by atoms with E-state index in [1.807, 2.05) is 6.92 Å². The summed E-state index contributed by atoms with van der Waals surface area (Å²) in [6.45, 7) is 16.7. The molecular formula is C21H28O8. The molecule has 0 aromatic heterocycles. The number of carbonyl (C=O) groups excluding carboxylic acids is 4. The Hall–Kier alpha value is -3.16. The minimum absolute atomic E-state index is 0.0379. The first kappa shape index (κ1) is 25.8. The number of carbonyl (C=O) groups is 4. The number of hydrogen-bond donors (Lipinski definition) is 0. The molecule has 0 saturated carbocycles. The summed E-state index contributed by atoms with van der Waals surface area (Å²) in [7, 11) is 0. The van der Waals surface area contributed by atoms with E-state index in [9.17, 15) is 19.2 Å². The van der Waals surface area contributed by atoms with Gasteiger partial charge in [0.25, 0.3) is 0 Å². The minimum atomic E-state index is -2.74. The van der Waals surface area contributed by atoms with E-state index in [4.69, 9.17) is 18.9 Å². The lowest BCUT2D eigenvalue weighted by molar-refractivity contribution is -0.391. The van der Waals surface area contributed by atoms with Gasteiger partial charge < -0.3 is 18.9 Å². The first-order chi connectivity index (χ1) is 13.7. The third-order valence-electron chi connectivity index (χ3n) is 3.98. The zero-order chi connectivity index (χ0) is 22.5. The first-order valence-corrected chi connectivity index (χ1v) is 9.11. The van der Waals surface area contributed by atoms with Crippen LogP contribution < -0.4 is 0 Å². The van der Waals surface area contributed by atoms with Crippen molar-refractivity contribution in [3.05, 3.63) is 50.6 Å². The van der Waals surface area contributed by atoms with Gasteiger partial charge in [-0.25, -0.2) is 19.2 Å². The Morgan fingerprint density at radius 1 is 0.690 bits per heavy atom. The van der Waals surface area contributed by atoms with Gasteiger partial charge in [-0.15, -0.1) is 0 Å². The molecule has 0 bridgehead atoms. The zero-order valence-electron chi connectivity index (χ0n) is 16.9. The Balaban J connectivity index is 6.75. The van der Waals surface area contributed by atoms with Gasteiger partial charge in [0.1, 0.15) is 0 Å². The minimum Gasteiger partial charge on any atom is -0.443 e. The molecule has 8 nitrogen and oxygen atoms in total. The highest BCUT2D eigenvalue weighted by Crippen LogP contribution is 2.41. The summed E-state index contributed by atoms with van der Waals surface area (Å²) >= 11 is 0. The van der Waals surface area contributed by atoms with Crippen molar-refractivity contribution in [2.24, 2.45) is 0 Å². The molecule has 0 radical (unpaired) electrons. The Bertz CT molecular complexity index is 609. The highest BCUT2D eigenvalue weighted by atomic mass is 16.9. The van der Waals surface area contributed by atoms with Gasteiger partial charge >= 0.3 is 29.9 Å². The van der Waals surface area contributed by atoms with Crippen LogP contribution in [0, 0.1) is 0 Å². The second kappa shape index (κ2) is 12.3. The number of esters is 4. The van der Waals surface area contributed by atoms with E-state index in [1.54, 1.807) is 6.92 Å². The third kappa shape index (κ3) is 7.06. The van der Waals surface area contributed by atoms with Crippen LogP contribution in [-0.4, -0.2) is 35.5 Å². The number of rotatable bonds is 14. The van der Waals surface area contributed by atoms with Crippen molar-refractivity contribution in [3.63, 3.8) is 0 Å². The van der Waals surface area contributed by atoms with Gasteiger partial charge in [0.2, 0.25) is 5.60 Å². The summed E-state index contributed by atoms with van der Waals surface area (Å²) in [6.07, 6.45) is 5.21. The van der Waals surface area contributed by atoms with Gasteiger partial charge in [0, 0.05) is 24.3 Å². The van der Waals surface area contributed by atoms with E-state index < -0.39 is 35.5 Å². The highest BCUT2D eigenvalue weighted by molar-refractivity contribution is 5.86. The lowest BCUT2D eigenvalue weighted by Gasteiger charge is -2.44. The smallest absolute Gasteiger partial charge is 0.443 e. The molecule has 0 spiro atoms. The number of hydrogen-bond acceptors (Lipinski definition) is 8. The van der Waals surface area contributed by atoms with Crippen LogP contribution in [0.4, 0.5) is 0 Å². The van der Waals surface area contributed by atoms with Crippen LogP contribution in [0.2, 0.25) is 0 Å². The summed E-state index contributed by atoms with van der Waals surface area (Å²) in [5.41, 5.74) is -1.87. The molecule has 0 aromatic rings. The van der Waals surface area contributed by atoms with Gasteiger partial charge in [0.15, 0.2) is 0 Å². The summed E-state index contributed by atoms with van der Waals surface area (Å²) < 4.78 is 21.1. The maximum Gasteiger partial charge on any atom is 0.466 e. The van der Waals surface area contributed by atoms with Crippen LogP contribution in [0.1, 0.15) is 46.0 Å². The second-order valence-electron chi connectivity index (χ2n) is 5.86. The summed E-state index contributed by atoms with van der Waals surface area (Å²) in [4.78, 5) is 48.3. The predicted molar refractivity (Wildman–Crippen MR) is 105 cm³/mol. The van der Waals surface area contributed by atoms with Crippen LogP contribution in [0.25, 0.3) is 0 Å². The quantitative estimate of drug-likeness (QED) is 0.187. The van der Waals surface area contributed by atoms with E-state index in [-0.39, 0.29) is 12.8 Å². The van der Waals surface area contributed by atoms with Crippen LogP contribution in [0.5, 0.6) is 0 Å². The molecule has 0 aliphatic heterocycles. The lowest BCUT2D eigenvalue weighted by atomic mass is 9.89. The molecular weight excluding hydrogens is 380 g/mol. The maximum atomic E-state index is 12.1. The predicted octanol–water partition coefficient (Wildman–Crippen LogP) is 3.29. The largest absolute Gasteiger partial charge is 0.466 e. The fraction of sp³-hybridized carbons (Fsp3) is 0.429. The standard InChI is InChI=1S/C21H28O8/c1-7-13-14-15-20(12-6,26-16(22)8-2)21(27-17(23)9-3,28-18(24)10-4)29-19(25)11-5/h8-11H,2-5,7,12-15H2,1,6H3. The van der Waals surface area contributed by atoms with Crippen LogP contribution >= 0.6 is 0 Å². The van der Waals surface area contributed by atoms with Crippen molar-refractivity contribution < 1.29 is 38.1 Å². The highest BCUT2D eigenvalue weighted by Gasteiger charge is 2.63. The average Bonchev–Trinajstić information content (AvgIpc) is 2.72. The second-order valence-corrected chi connectivity index (χ2v) is 5.86. The van der Waals surface area contributed by atoms with Crippen molar-refractivity contribution in [1.82, 2.24) is 0 Å². The monoisotopic (exact) mass is 408 g/mol. The van der Waals surface area contributed by atoms with Crippen molar-refractivity contribution >= 4 is 23.9 Å². The van der Waals surface area contributed by atoms with Gasteiger partial charge in [-0.2, -0.15) is 0 Å². The first-order valence-electron chi connectivity index (χ1n) is 9.11. The molecule has 160 valence electrons. The fourth-order valence-electron chi connectivity index (χ4n) is 2.49. The Labute approximate surface area is 170 Å². The molecule has 1 atom stereocenters. The van der Waals surface area contributed by atoms with E-state index in [0.29, 0.717) is 12.8 Å². The Morgan fingerprint density at radius 3 is 1.38 bits per heavy atom. The molecule has 0 saturated heterocycles. The number of unbranched alkanes of at least 4 members (excludes halogenated alkanes) is 2. The molecule has 0 fully saturated rings. The number of ether oxygens (including phenoxy) is 4. The summed E-state index contributed by atoms with van der Waals surface area (Å²) in [6, 6.07) is 0.